The first-order valence-corrected chi connectivity index (χ1v) is 11.1. The van der Waals surface area contributed by atoms with Crippen molar-refractivity contribution in [3.63, 3.8) is 0 Å². The van der Waals surface area contributed by atoms with Gasteiger partial charge in [-0.3, -0.25) is 4.79 Å². The van der Waals surface area contributed by atoms with E-state index in [9.17, 15) is 4.79 Å². The largest absolute Gasteiger partial charge is 0.299 e. The lowest BCUT2D eigenvalue weighted by Crippen LogP contribution is -2.61. The molecule has 0 aromatic carbocycles. The highest BCUT2D eigenvalue weighted by Crippen LogP contribution is 2.67. The van der Waals surface area contributed by atoms with E-state index in [1.807, 2.05) is 0 Å². The highest BCUT2D eigenvalue weighted by atomic mass is 17.3. The van der Waals surface area contributed by atoms with Crippen molar-refractivity contribution in [2.45, 2.75) is 77.0 Å². The summed E-state index contributed by atoms with van der Waals surface area (Å²) in [6.45, 7) is 5.11. The van der Waals surface area contributed by atoms with Gasteiger partial charge in [0.25, 0.3) is 0 Å². The molecule has 4 saturated carbocycles. The van der Waals surface area contributed by atoms with Crippen molar-refractivity contribution in [3.8, 4) is 0 Å². The van der Waals surface area contributed by atoms with Gasteiger partial charge < -0.3 is 0 Å². The molecular weight excluding hydrogens is 374 g/mol. The van der Waals surface area contributed by atoms with Gasteiger partial charge in [0.05, 0.1) is 6.04 Å². The number of Topliss-reactive ketones (excluding diaryl/α,β-unsaturated/α-hetero) is 1. The van der Waals surface area contributed by atoms with E-state index in [1.165, 1.54) is 0 Å². The molecule has 7 atom stereocenters. The molecule has 1 heterocycles. The minimum absolute atomic E-state index is 0.0333. The number of carbonyl (C=O) groups excluding carboxylic acids is 1. The molecule has 5 fully saturated rings. The molecule has 4 aliphatic carbocycles. The maximum Gasteiger partial charge on any atom is 0.242 e. The summed E-state index contributed by atoms with van der Waals surface area (Å²) in [6.07, 6.45) is 7.33. The third-order valence-electron chi connectivity index (χ3n) is 9.26. The monoisotopic (exact) mass is 405 g/mol. The second kappa shape index (κ2) is 6.92. The van der Waals surface area contributed by atoms with Gasteiger partial charge in [-0.15, -0.1) is 0 Å². The van der Waals surface area contributed by atoms with E-state index in [0.717, 1.165) is 38.5 Å². The van der Waals surface area contributed by atoms with Crippen LogP contribution in [0.3, 0.4) is 0 Å². The molecule has 5 rings (SSSR count). The summed E-state index contributed by atoms with van der Waals surface area (Å²) >= 11 is 0. The van der Waals surface area contributed by atoms with Gasteiger partial charge in [-0.1, -0.05) is 19.0 Å². The van der Waals surface area contributed by atoms with Crippen molar-refractivity contribution in [1.29, 1.82) is 0 Å². The lowest BCUT2D eigenvalue weighted by Gasteiger charge is -2.62. The van der Waals surface area contributed by atoms with Crippen LogP contribution in [0.1, 0.15) is 65.2 Å². The lowest BCUT2D eigenvalue weighted by molar-refractivity contribution is -0.498. The Morgan fingerprint density at radius 2 is 1.83 bits per heavy atom. The molecular formula is C21H31N3O5. The van der Waals surface area contributed by atoms with Gasteiger partial charge in [0.2, 0.25) is 5.79 Å². The molecule has 0 unspecified atom stereocenters. The maximum atomic E-state index is 12.6. The number of hydrogen-bond acceptors (Lipinski definition) is 6. The second-order valence-electron chi connectivity index (χ2n) is 10.3. The third-order valence-corrected chi connectivity index (χ3v) is 9.26. The van der Waals surface area contributed by atoms with Crippen molar-refractivity contribution in [1.82, 2.24) is 0 Å². The average Bonchev–Trinajstić information content (AvgIpc) is 2.86. The topological polar surface area (TPSA) is 103 Å². The lowest BCUT2D eigenvalue weighted by atomic mass is 9.44. The first-order valence-electron chi connectivity index (χ1n) is 11.1. The molecule has 0 aromatic heterocycles. The number of azide groups is 1. The molecule has 0 amide bonds. The number of hydrogen-bond donors (Lipinski definition) is 0. The Kier molecular flexibility index (Phi) is 4.72. The van der Waals surface area contributed by atoms with Gasteiger partial charge in [-0.2, -0.15) is 9.78 Å². The molecule has 160 valence electrons. The minimum atomic E-state index is -1.21. The summed E-state index contributed by atoms with van der Waals surface area (Å²) in [4.78, 5) is 37.9. The van der Waals surface area contributed by atoms with Crippen LogP contribution in [0.25, 0.3) is 10.4 Å². The minimum Gasteiger partial charge on any atom is -0.299 e. The molecule has 0 aromatic rings. The smallest absolute Gasteiger partial charge is 0.242 e. The molecule has 1 spiro atoms. The Morgan fingerprint density at radius 1 is 1.07 bits per heavy atom. The van der Waals surface area contributed by atoms with E-state index >= 15 is 0 Å². The summed E-state index contributed by atoms with van der Waals surface area (Å²) < 4.78 is 0. The van der Waals surface area contributed by atoms with Gasteiger partial charge in [-0.25, -0.2) is 9.78 Å². The highest BCUT2D eigenvalue weighted by Gasteiger charge is 2.65. The van der Waals surface area contributed by atoms with Gasteiger partial charge in [0.15, 0.2) is 0 Å². The van der Waals surface area contributed by atoms with E-state index in [4.69, 9.17) is 25.1 Å². The van der Waals surface area contributed by atoms with Gasteiger partial charge in [0.1, 0.15) is 19.0 Å². The summed E-state index contributed by atoms with van der Waals surface area (Å²) in [5.41, 5.74) is 8.97. The van der Waals surface area contributed by atoms with Crippen LogP contribution in [0.2, 0.25) is 0 Å². The van der Waals surface area contributed by atoms with Crippen LogP contribution in [-0.2, 0) is 24.3 Å². The van der Waals surface area contributed by atoms with Crippen LogP contribution in [-0.4, -0.2) is 30.8 Å². The summed E-state index contributed by atoms with van der Waals surface area (Å²) in [6, 6.07) is -0.484. The first-order chi connectivity index (χ1) is 13.9. The van der Waals surface area contributed by atoms with E-state index < -0.39 is 11.8 Å². The zero-order valence-corrected chi connectivity index (χ0v) is 17.3. The number of rotatable bonds is 1. The fourth-order valence-corrected chi connectivity index (χ4v) is 7.80. The number of nitrogens with zero attached hydrogens (tertiary/aromatic N) is 3. The zero-order valence-electron chi connectivity index (χ0n) is 17.3. The summed E-state index contributed by atoms with van der Waals surface area (Å²) in [5.74, 6) is 1.24. The Morgan fingerprint density at radius 3 is 2.55 bits per heavy atom. The number of fused-ring (bicyclic) bond motifs is 5. The Balaban J connectivity index is 1.49. The van der Waals surface area contributed by atoms with Crippen molar-refractivity contribution in [2.75, 3.05) is 13.2 Å². The molecule has 1 aliphatic heterocycles. The van der Waals surface area contributed by atoms with E-state index in [-0.39, 0.29) is 24.0 Å². The van der Waals surface area contributed by atoms with Crippen molar-refractivity contribution >= 4 is 5.78 Å². The van der Waals surface area contributed by atoms with Crippen LogP contribution in [0, 0.1) is 34.5 Å². The Bertz CT molecular complexity index is 732. The van der Waals surface area contributed by atoms with Crippen LogP contribution in [0.15, 0.2) is 5.11 Å². The predicted octanol–water partition coefficient (Wildman–Crippen LogP) is 4.49. The summed E-state index contributed by atoms with van der Waals surface area (Å²) in [7, 11) is 0. The fourth-order valence-electron chi connectivity index (χ4n) is 7.80. The highest BCUT2D eigenvalue weighted by molar-refractivity contribution is 5.87. The quantitative estimate of drug-likeness (QED) is 0.277. The Labute approximate surface area is 171 Å². The molecule has 8 nitrogen and oxygen atoms in total. The summed E-state index contributed by atoms with van der Waals surface area (Å²) in [5, 5.41) is 4.03. The van der Waals surface area contributed by atoms with Crippen molar-refractivity contribution in [3.05, 3.63) is 10.4 Å². The fraction of sp³-hybridized carbons (Fsp3) is 0.952. The van der Waals surface area contributed by atoms with Crippen LogP contribution in [0.5, 0.6) is 0 Å². The molecule has 0 radical (unpaired) electrons. The van der Waals surface area contributed by atoms with Gasteiger partial charge in [0, 0.05) is 23.2 Å². The third kappa shape index (κ3) is 2.80. The van der Waals surface area contributed by atoms with Crippen LogP contribution in [0.4, 0.5) is 0 Å². The van der Waals surface area contributed by atoms with Crippen LogP contribution < -0.4 is 0 Å². The van der Waals surface area contributed by atoms with E-state index in [2.05, 4.69) is 23.9 Å². The normalized spacial score (nSPS) is 48.8. The molecule has 5 aliphatic rings. The van der Waals surface area contributed by atoms with E-state index in [1.54, 1.807) is 0 Å². The SMILES string of the molecule is C[C@]12CC3(OOCCOO3)[C@@H](N=[N+]=[N-])C[C@@H]1CC[C@@H]1[C@@H]2CC[C@]2(C)C(=O)CC[C@@H]12. The molecule has 0 N–H and O–H groups in total. The second-order valence-corrected chi connectivity index (χ2v) is 10.3. The predicted molar refractivity (Wildman–Crippen MR) is 102 cm³/mol. The average molecular weight is 405 g/mol. The van der Waals surface area contributed by atoms with Crippen molar-refractivity contribution in [2.24, 2.45) is 39.6 Å². The molecule has 8 heteroatoms. The molecule has 29 heavy (non-hydrogen) atoms. The first kappa shape index (κ1) is 19.8. The molecule has 1 saturated heterocycles. The number of carbonyl (C=O) groups is 1. The standard InChI is InChI=1S/C21H31N3O5/c1-19-8-7-16-14(15(19)5-6-18(19)25)4-3-13-11-17(23-24-22)21(12-20(13,16)2)28-26-9-10-27-29-21/h13-17H,3-12H2,1-2H3/t13-,14-,15-,16-,17-,19-,20-/m0/s1. The number of ketones is 1. The maximum absolute atomic E-state index is 12.6. The van der Waals surface area contributed by atoms with Gasteiger partial charge in [-0.05, 0) is 73.1 Å². The van der Waals surface area contributed by atoms with Gasteiger partial charge >= 0.3 is 0 Å². The Hall–Kier alpha value is -1.18. The van der Waals surface area contributed by atoms with E-state index in [0.29, 0.717) is 42.3 Å². The van der Waals surface area contributed by atoms with Crippen molar-refractivity contribution < 1.29 is 24.3 Å². The zero-order chi connectivity index (χ0) is 20.3. The van der Waals surface area contributed by atoms with Crippen LogP contribution >= 0.6 is 0 Å². The molecule has 0 bridgehead atoms.